The SMILES string of the molecule is O=C(Oc1ncccn1)c1ccn[nH]1. The van der Waals surface area contributed by atoms with Gasteiger partial charge >= 0.3 is 12.0 Å². The summed E-state index contributed by atoms with van der Waals surface area (Å²) in [6.45, 7) is 0. The number of aromatic nitrogens is 4. The molecule has 0 amide bonds. The van der Waals surface area contributed by atoms with Gasteiger partial charge in [0.15, 0.2) is 0 Å². The van der Waals surface area contributed by atoms with E-state index in [9.17, 15) is 4.79 Å². The zero-order valence-electron chi connectivity index (χ0n) is 7.04. The lowest BCUT2D eigenvalue weighted by atomic mass is 10.4. The number of nitrogens with one attached hydrogen (secondary N) is 1. The van der Waals surface area contributed by atoms with Crippen LogP contribution in [0, 0.1) is 0 Å². The summed E-state index contributed by atoms with van der Waals surface area (Å²) in [5, 5.41) is 6.10. The highest BCUT2D eigenvalue weighted by molar-refractivity contribution is 5.88. The van der Waals surface area contributed by atoms with E-state index in [4.69, 9.17) is 4.74 Å². The number of esters is 1. The van der Waals surface area contributed by atoms with Gasteiger partial charge in [-0.2, -0.15) is 5.10 Å². The highest BCUT2D eigenvalue weighted by Crippen LogP contribution is 2.01. The van der Waals surface area contributed by atoms with Gasteiger partial charge in [-0.1, -0.05) is 0 Å². The molecule has 0 aliphatic rings. The molecule has 2 rings (SSSR count). The van der Waals surface area contributed by atoms with Gasteiger partial charge < -0.3 is 4.74 Å². The standard InChI is InChI=1S/C8H6N4O2/c13-7(6-2-5-11-12-6)14-8-9-3-1-4-10-8/h1-5H,(H,11,12). The minimum absolute atomic E-state index is 0.0205. The fourth-order valence-electron chi connectivity index (χ4n) is 0.846. The van der Waals surface area contributed by atoms with Crippen molar-refractivity contribution in [3.8, 4) is 6.01 Å². The second kappa shape index (κ2) is 3.65. The van der Waals surface area contributed by atoms with Gasteiger partial charge in [0.05, 0.1) is 0 Å². The molecule has 2 aromatic heterocycles. The van der Waals surface area contributed by atoms with Gasteiger partial charge in [0, 0.05) is 18.6 Å². The summed E-state index contributed by atoms with van der Waals surface area (Å²) in [7, 11) is 0. The number of carbonyl (C=O) groups is 1. The van der Waals surface area contributed by atoms with Crippen molar-refractivity contribution in [3.05, 3.63) is 36.4 Å². The van der Waals surface area contributed by atoms with Crippen LogP contribution in [-0.2, 0) is 0 Å². The minimum Gasteiger partial charge on any atom is -0.386 e. The summed E-state index contributed by atoms with van der Waals surface area (Å²) in [4.78, 5) is 18.8. The first-order valence-electron chi connectivity index (χ1n) is 3.85. The molecule has 70 valence electrons. The van der Waals surface area contributed by atoms with Crippen LogP contribution in [-0.4, -0.2) is 26.1 Å². The van der Waals surface area contributed by atoms with Gasteiger partial charge in [-0.05, 0) is 12.1 Å². The normalized spacial score (nSPS) is 9.71. The maximum absolute atomic E-state index is 11.3. The van der Waals surface area contributed by atoms with Gasteiger partial charge in [-0.25, -0.2) is 14.8 Å². The first kappa shape index (κ1) is 8.36. The Morgan fingerprint density at radius 3 is 2.71 bits per heavy atom. The lowest BCUT2D eigenvalue weighted by molar-refractivity contribution is 0.0713. The van der Waals surface area contributed by atoms with E-state index < -0.39 is 5.97 Å². The quantitative estimate of drug-likeness (QED) is 0.694. The monoisotopic (exact) mass is 190 g/mol. The van der Waals surface area contributed by atoms with Crippen molar-refractivity contribution in [2.75, 3.05) is 0 Å². The molecule has 0 atom stereocenters. The van der Waals surface area contributed by atoms with Crippen molar-refractivity contribution in [1.82, 2.24) is 20.2 Å². The van der Waals surface area contributed by atoms with Crippen LogP contribution in [0.4, 0.5) is 0 Å². The largest absolute Gasteiger partial charge is 0.386 e. The van der Waals surface area contributed by atoms with E-state index in [0.717, 1.165) is 0 Å². The van der Waals surface area contributed by atoms with Crippen molar-refractivity contribution in [1.29, 1.82) is 0 Å². The van der Waals surface area contributed by atoms with Crippen LogP contribution in [0.5, 0.6) is 6.01 Å². The molecule has 0 fully saturated rings. The van der Waals surface area contributed by atoms with Crippen molar-refractivity contribution >= 4 is 5.97 Å². The van der Waals surface area contributed by atoms with Gasteiger partial charge in [0.2, 0.25) is 0 Å². The Morgan fingerprint density at radius 1 is 1.29 bits per heavy atom. The van der Waals surface area contributed by atoms with Crippen molar-refractivity contribution in [2.24, 2.45) is 0 Å². The average molecular weight is 190 g/mol. The third kappa shape index (κ3) is 1.74. The molecular formula is C8H6N4O2. The summed E-state index contributed by atoms with van der Waals surface area (Å²) in [5.74, 6) is -0.561. The van der Waals surface area contributed by atoms with E-state index in [0.29, 0.717) is 0 Å². The lowest BCUT2D eigenvalue weighted by Gasteiger charge is -1.98. The molecule has 0 saturated carbocycles. The van der Waals surface area contributed by atoms with E-state index in [1.54, 1.807) is 6.07 Å². The number of aromatic amines is 1. The highest BCUT2D eigenvalue weighted by atomic mass is 16.5. The van der Waals surface area contributed by atoms with Crippen LogP contribution < -0.4 is 4.74 Å². The van der Waals surface area contributed by atoms with Gasteiger partial charge in [0.1, 0.15) is 5.69 Å². The number of hydrogen-bond acceptors (Lipinski definition) is 5. The molecule has 1 N–H and O–H groups in total. The molecule has 6 nitrogen and oxygen atoms in total. The Bertz CT molecular complexity index is 412. The van der Waals surface area contributed by atoms with Gasteiger partial charge in [-0.15, -0.1) is 0 Å². The highest BCUT2D eigenvalue weighted by Gasteiger charge is 2.10. The van der Waals surface area contributed by atoms with Crippen LogP contribution in [0.2, 0.25) is 0 Å². The van der Waals surface area contributed by atoms with Crippen molar-refractivity contribution in [3.63, 3.8) is 0 Å². The minimum atomic E-state index is -0.561. The van der Waals surface area contributed by atoms with Crippen LogP contribution in [0.15, 0.2) is 30.7 Å². The Hall–Kier alpha value is -2.24. The maximum atomic E-state index is 11.3. The molecule has 14 heavy (non-hydrogen) atoms. The molecule has 2 heterocycles. The van der Waals surface area contributed by atoms with Gasteiger partial charge in [0.25, 0.3) is 0 Å². The smallest absolute Gasteiger partial charge is 0.364 e. The van der Waals surface area contributed by atoms with E-state index in [1.807, 2.05) is 0 Å². The number of ether oxygens (including phenoxy) is 1. The van der Waals surface area contributed by atoms with Crippen molar-refractivity contribution in [2.45, 2.75) is 0 Å². The Labute approximate surface area is 79.0 Å². The fraction of sp³-hybridized carbons (Fsp3) is 0. The molecular weight excluding hydrogens is 184 g/mol. The third-order valence-electron chi connectivity index (χ3n) is 1.45. The Balaban J connectivity index is 2.10. The zero-order valence-corrected chi connectivity index (χ0v) is 7.04. The number of hydrogen-bond donors (Lipinski definition) is 1. The van der Waals surface area contributed by atoms with E-state index in [2.05, 4.69) is 20.2 Å². The predicted molar refractivity (Wildman–Crippen MR) is 45.6 cm³/mol. The first-order chi connectivity index (χ1) is 6.86. The second-order valence-corrected chi connectivity index (χ2v) is 2.39. The number of H-pyrrole nitrogens is 1. The van der Waals surface area contributed by atoms with Gasteiger partial charge in [-0.3, -0.25) is 5.10 Å². The molecule has 6 heteroatoms. The molecule has 0 bridgehead atoms. The molecule has 0 spiro atoms. The molecule has 2 aromatic rings. The first-order valence-corrected chi connectivity index (χ1v) is 3.85. The van der Waals surface area contributed by atoms with Crippen LogP contribution in [0.1, 0.15) is 10.5 Å². The summed E-state index contributed by atoms with van der Waals surface area (Å²) < 4.78 is 4.83. The third-order valence-corrected chi connectivity index (χ3v) is 1.45. The average Bonchev–Trinajstić information content (AvgIpc) is 2.72. The summed E-state index contributed by atoms with van der Waals surface area (Å²) in [6.07, 6.45) is 4.44. The Morgan fingerprint density at radius 2 is 2.07 bits per heavy atom. The van der Waals surface area contributed by atoms with E-state index in [1.165, 1.54) is 24.7 Å². The number of nitrogens with zero attached hydrogens (tertiary/aromatic N) is 3. The van der Waals surface area contributed by atoms with Crippen LogP contribution in [0.3, 0.4) is 0 Å². The maximum Gasteiger partial charge on any atom is 0.364 e. The van der Waals surface area contributed by atoms with E-state index in [-0.39, 0.29) is 11.7 Å². The van der Waals surface area contributed by atoms with E-state index >= 15 is 0 Å². The molecule has 0 unspecified atom stereocenters. The number of rotatable bonds is 2. The zero-order chi connectivity index (χ0) is 9.80. The molecule has 0 aliphatic carbocycles. The van der Waals surface area contributed by atoms with Crippen molar-refractivity contribution < 1.29 is 9.53 Å². The summed E-state index contributed by atoms with van der Waals surface area (Å²) >= 11 is 0. The van der Waals surface area contributed by atoms with Crippen LogP contribution >= 0.6 is 0 Å². The fourth-order valence-corrected chi connectivity index (χ4v) is 0.846. The lowest BCUT2D eigenvalue weighted by Crippen LogP contribution is -2.10. The Kier molecular flexibility index (Phi) is 2.18. The molecule has 0 saturated heterocycles. The number of carbonyl (C=O) groups excluding carboxylic acids is 1. The molecule has 0 aromatic carbocycles. The summed E-state index contributed by atoms with van der Waals surface area (Å²) in [5.41, 5.74) is 0.262. The summed E-state index contributed by atoms with van der Waals surface area (Å²) in [6, 6.07) is 3.16. The predicted octanol–water partition coefficient (Wildman–Crippen LogP) is 0.419. The second-order valence-electron chi connectivity index (χ2n) is 2.39. The van der Waals surface area contributed by atoms with Crippen LogP contribution in [0.25, 0.3) is 0 Å². The molecule has 0 radical (unpaired) electrons. The topological polar surface area (TPSA) is 80.8 Å². The molecule has 0 aliphatic heterocycles.